The van der Waals surface area contributed by atoms with Crippen molar-refractivity contribution in [3.63, 3.8) is 0 Å². The summed E-state index contributed by atoms with van der Waals surface area (Å²) in [6.45, 7) is 7.55. The number of sulfonamides is 1. The third-order valence-corrected chi connectivity index (χ3v) is 6.48. The van der Waals surface area contributed by atoms with Crippen LogP contribution >= 0.6 is 23.2 Å². The number of anilines is 1. The Morgan fingerprint density at radius 3 is 2.13 bits per heavy atom. The molecule has 0 fully saturated rings. The summed E-state index contributed by atoms with van der Waals surface area (Å²) in [5, 5.41) is 3.45. The van der Waals surface area contributed by atoms with Gasteiger partial charge < -0.3 is 10.1 Å². The number of benzene rings is 2. The Balaban J connectivity index is 2.28. The lowest BCUT2D eigenvalue weighted by Crippen LogP contribution is -2.41. The zero-order valence-corrected chi connectivity index (χ0v) is 20.8. The summed E-state index contributed by atoms with van der Waals surface area (Å²) in [5.41, 5.74) is 3.17. The largest absolute Gasteiger partial charge is 0.496 e. The lowest BCUT2D eigenvalue weighted by molar-refractivity contribution is -0.120. The van der Waals surface area contributed by atoms with Crippen LogP contribution < -0.4 is 14.4 Å². The Bertz CT molecular complexity index is 1050. The van der Waals surface area contributed by atoms with Gasteiger partial charge in [-0.1, -0.05) is 37.0 Å². The van der Waals surface area contributed by atoms with E-state index in [1.807, 2.05) is 26.0 Å². The smallest absolute Gasteiger partial charge is 0.241 e. The van der Waals surface area contributed by atoms with Crippen molar-refractivity contribution in [1.82, 2.24) is 5.32 Å². The van der Waals surface area contributed by atoms with Gasteiger partial charge in [0, 0.05) is 10.0 Å². The van der Waals surface area contributed by atoms with Crippen molar-refractivity contribution >= 4 is 44.8 Å². The van der Waals surface area contributed by atoms with Crippen LogP contribution in [0.15, 0.2) is 30.3 Å². The number of methoxy groups -OCH3 is 1. The SMILES string of the molecule is COc1cc(C)c([C@@H](C)NC(=O)CN(c2cc(Cl)cc(Cl)c2)S(C)(=O)=O)cc1C(C)C. The summed E-state index contributed by atoms with van der Waals surface area (Å²) < 4.78 is 31.1. The average molecular weight is 487 g/mol. The minimum absolute atomic E-state index is 0.227. The van der Waals surface area contributed by atoms with Crippen molar-refractivity contribution in [1.29, 1.82) is 0 Å². The maximum Gasteiger partial charge on any atom is 0.241 e. The second kappa shape index (κ2) is 10.1. The monoisotopic (exact) mass is 486 g/mol. The van der Waals surface area contributed by atoms with Gasteiger partial charge in [0.15, 0.2) is 0 Å². The number of carbonyl (C=O) groups is 1. The van der Waals surface area contributed by atoms with Crippen molar-refractivity contribution in [2.24, 2.45) is 0 Å². The predicted molar refractivity (Wildman–Crippen MR) is 127 cm³/mol. The molecule has 170 valence electrons. The van der Waals surface area contributed by atoms with Crippen LogP contribution in [0.4, 0.5) is 5.69 Å². The molecule has 2 aromatic carbocycles. The summed E-state index contributed by atoms with van der Waals surface area (Å²) in [7, 11) is -2.11. The molecule has 0 heterocycles. The number of aryl methyl sites for hydroxylation is 1. The Kier molecular flexibility index (Phi) is 8.25. The maximum absolute atomic E-state index is 12.8. The zero-order valence-electron chi connectivity index (χ0n) is 18.5. The maximum atomic E-state index is 12.8. The molecular formula is C22H28Cl2N2O4S. The van der Waals surface area contributed by atoms with Crippen LogP contribution in [0.5, 0.6) is 5.75 Å². The average Bonchev–Trinajstić information content (AvgIpc) is 2.63. The van der Waals surface area contributed by atoms with Crippen molar-refractivity contribution < 1.29 is 17.9 Å². The molecule has 0 saturated heterocycles. The molecule has 0 aliphatic heterocycles. The number of rotatable bonds is 8. The van der Waals surface area contributed by atoms with Crippen molar-refractivity contribution in [3.8, 4) is 5.75 Å². The topological polar surface area (TPSA) is 75.7 Å². The molecule has 0 bridgehead atoms. The quantitative estimate of drug-likeness (QED) is 0.564. The van der Waals surface area contributed by atoms with Gasteiger partial charge in [0.25, 0.3) is 0 Å². The Morgan fingerprint density at radius 1 is 1.06 bits per heavy atom. The van der Waals surface area contributed by atoms with Gasteiger partial charge in [-0.25, -0.2) is 8.42 Å². The molecule has 0 aliphatic carbocycles. The molecule has 0 aliphatic rings. The molecule has 0 spiro atoms. The molecule has 0 unspecified atom stereocenters. The number of ether oxygens (including phenoxy) is 1. The number of hydrogen-bond acceptors (Lipinski definition) is 4. The summed E-state index contributed by atoms with van der Waals surface area (Å²) in [4.78, 5) is 12.8. The first-order valence-corrected chi connectivity index (χ1v) is 12.4. The van der Waals surface area contributed by atoms with Gasteiger partial charge in [-0.15, -0.1) is 0 Å². The van der Waals surface area contributed by atoms with E-state index in [1.54, 1.807) is 7.11 Å². The highest BCUT2D eigenvalue weighted by atomic mass is 35.5. The van der Waals surface area contributed by atoms with Crippen molar-refractivity contribution in [3.05, 3.63) is 57.1 Å². The number of amides is 1. The summed E-state index contributed by atoms with van der Waals surface area (Å²) >= 11 is 12.0. The number of hydrogen-bond donors (Lipinski definition) is 1. The van der Waals surface area contributed by atoms with Gasteiger partial charge in [-0.2, -0.15) is 0 Å². The second-order valence-electron chi connectivity index (χ2n) is 7.79. The molecule has 1 atom stereocenters. The van der Waals surface area contributed by atoms with Crippen LogP contribution in [0.1, 0.15) is 49.4 Å². The van der Waals surface area contributed by atoms with Crippen LogP contribution in [0.3, 0.4) is 0 Å². The molecule has 31 heavy (non-hydrogen) atoms. The van der Waals surface area contributed by atoms with Gasteiger partial charge >= 0.3 is 0 Å². The van der Waals surface area contributed by atoms with Crippen molar-refractivity contribution in [2.45, 2.75) is 39.7 Å². The van der Waals surface area contributed by atoms with Crippen LogP contribution in [-0.4, -0.2) is 34.2 Å². The number of nitrogens with zero attached hydrogens (tertiary/aromatic N) is 1. The Hall–Kier alpha value is -1.96. The first kappa shape index (κ1) is 25.3. The third kappa shape index (κ3) is 6.51. The third-order valence-electron chi connectivity index (χ3n) is 4.91. The minimum Gasteiger partial charge on any atom is -0.496 e. The van der Waals surface area contributed by atoms with E-state index in [4.69, 9.17) is 27.9 Å². The minimum atomic E-state index is -3.74. The summed E-state index contributed by atoms with van der Waals surface area (Å²) in [5.74, 6) is 0.594. The highest BCUT2D eigenvalue weighted by molar-refractivity contribution is 7.92. The van der Waals surface area contributed by atoms with Crippen LogP contribution in [0.2, 0.25) is 10.0 Å². The van der Waals surface area contributed by atoms with E-state index in [2.05, 4.69) is 19.2 Å². The summed E-state index contributed by atoms with van der Waals surface area (Å²) in [6, 6.07) is 8.04. The molecule has 2 rings (SSSR count). The van der Waals surface area contributed by atoms with E-state index >= 15 is 0 Å². The molecule has 1 amide bonds. The van der Waals surface area contributed by atoms with Crippen LogP contribution in [0, 0.1) is 6.92 Å². The van der Waals surface area contributed by atoms with Gasteiger partial charge in [-0.05, 0) is 66.8 Å². The molecule has 0 radical (unpaired) electrons. The number of carbonyl (C=O) groups excluding carboxylic acids is 1. The van der Waals surface area contributed by atoms with E-state index in [0.29, 0.717) is 0 Å². The first-order chi connectivity index (χ1) is 14.3. The first-order valence-electron chi connectivity index (χ1n) is 9.75. The zero-order chi connectivity index (χ0) is 23.5. The normalized spacial score (nSPS) is 12.5. The van der Waals surface area contributed by atoms with E-state index in [1.165, 1.54) is 18.2 Å². The van der Waals surface area contributed by atoms with E-state index < -0.39 is 22.5 Å². The lowest BCUT2D eigenvalue weighted by atomic mass is 9.93. The van der Waals surface area contributed by atoms with Crippen LogP contribution in [0.25, 0.3) is 0 Å². The highest BCUT2D eigenvalue weighted by Crippen LogP contribution is 2.32. The fourth-order valence-electron chi connectivity index (χ4n) is 3.39. The molecule has 1 N–H and O–H groups in total. The standard InChI is InChI=1S/C22H28Cl2N2O4S/c1-13(2)19-11-20(14(3)7-21(19)30-5)15(4)25-22(27)12-26(31(6,28)29)18-9-16(23)8-17(24)10-18/h7-11,13,15H,12H2,1-6H3,(H,25,27)/t15-/m1/s1. The van der Waals surface area contributed by atoms with E-state index in [9.17, 15) is 13.2 Å². The van der Waals surface area contributed by atoms with Crippen molar-refractivity contribution in [2.75, 3.05) is 24.2 Å². The summed E-state index contributed by atoms with van der Waals surface area (Å²) in [6.07, 6.45) is 1.03. The van der Waals surface area contributed by atoms with Gasteiger partial charge in [0.05, 0.1) is 25.1 Å². The number of halogens is 2. The van der Waals surface area contributed by atoms with Gasteiger partial charge in [0.2, 0.25) is 15.9 Å². The van der Waals surface area contributed by atoms with E-state index in [0.717, 1.165) is 33.0 Å². The lowest BCUT2D eigenvalue weighted by Gasteiger charge is -2.25. The fraction of sp³-hybridized carbons (Fsp3) is 0.409. The van der Waals surface area contributed by atoms with Gasteiger partial charge in [-0.3, -0.25) is 9.10 Å². The van der Waals surface area contributed by atoms with Gasteiger partial charge in [0.1, 0.15) is 12.3 Å². The Labute approximate surface area is 194 Å². The molecular weight excluding hydrogens is 459 g/mol. The molecule has 0 aromatic heterocycles. The molecule has 6 nitrogen and oxygen atoms in total. The predicted octanol–water partition coefficient (Wildman–Crippen LogP) is 5.08. The van der Waals surface area contributed by atoms with Crippen LogP contribution in [-0.2, 0) is 14.8 Å². The second-order valence-corrected chi connectivity index (χ2v) is 10.6. The molecule has 2 aromatic rings. The fourth-order valence-corrected chi connectivity index (χ4v) is 4.74. The van der Waals surface area contributed by atoms with E-state index in [-0.39, 0.29) is 27.7 Å². The molecule has 9 heteroatoms. The highest BCUT2D eigenvalue weighted by Gasteiger charge is 2.23. The molecule has 0 saturated carbocycles. The number of nitrogens with one attached hydrogen (secondary N) is 1. The Morgan fingerprint density at radius 2 is 1.65 bits per heavy atom.